The number of hydrogen-bond donors (Lipinski definition) is 1. The second kappa shape index (κ2) is 24.3. The van der Waals surface area contributed by atoms with Crippen molar-refractivity contribution < 1.29 is 14.7 Å². The lowest BCUT2D eigenvalue weighted by Gasteiger charge is -2.21. The molecule has 0 saturated carbocycles. The van der Waals surface area contributed by atoms with Crippen molar-refractivity contribution >= 4 is 11.9 Å². The minimum atomic E-state index is -1.06. The van der Waals surface area contributed by atoms with Crippen LogP contribution in [-0.2, 0) is 9.59 Å². The van der Waals surface area contributed by atoms with Crippen molar-refractivity contribution in [2.24, 2.45) is 0 Å². The zero-order valence-corrected chi connectivity index (χ0v) is 21.4. The molecule has 0 saturated heterocycles. The number of rotatable bonds is 24. The Morgan fingerprint density at radius 1 is 0.531 bits per heavy atom. The van der Waals surface area contributed by atoms with Crippen LogP contribution >= 0.6 is 0 Å². The van der Waals surface area contributed by atoms with Crippen LogP contribution in [0.25, 0.3) is 0 Å². The van der Waals surface area contributed by atoms with Crippen LogP contribution in [0.15, 0.2) is 12.2 Å². The third-order valence-electron chi connectivity index (χ3n) is 6.24. The lowest BCUT2D eigenvalue weighted by Crippen LogP contribution is -2.31. The zero-order valence-electron chi connectivity index (χ0n) is 21.4. The molecule has 0 heterocycles. The summed E-state index contributed by atoms with van der Waals surface area (Å²) >= 11 is 0. The van der Waals surface area contributed by atoms with Crippen LogP contribution in [-0.4, -0.2) is 35.0 Å². The van der Waals surface area contributed by atoms with Gasteiger partial charge in [0, 0.05) is 25.2 Å². The Hall–Kier alpha value is -1.32. The molecular formula is C28H53NO3. The molecule has 0 aromatic heterocycles. The Bertz CT molecular complexity index is 438. The van der Waals surface area contributed by atoms with Crippen molar-refractivity contribution in [1.82, 2.24) is 4.90 Å². The van der Waals surface area contributed by atoms with E-state index in [0.717, 1.165) is 44.8 Å². The first kappa shape index (κ1) is 30.7. The van der Waals surface area contributed by atoms with Crippen LogP contribution in [0.3, 0.4) is 0 Å². The maximum Gasteiger partial charge on any atom is 0.328 e. The van der Waals surface area contributed by atoms with Crippen molar-refractivity contribution in [1.29, 1.82) is 0 Å². The van der Waals surface area contributed by atoms with Gasteiger partial charge in [-0.3, -0.25) is 4.79 Å². The molecule has 0 unspecified atom stereocenters. The van der Waals surface area contributed by atoms with E-state index in [9.17, 15) is 9.59 Å². The van der Waals surface area contributed by atoms with Crippen molar-refractivity contribution in [2.45, 2.75) is 142 Å². The molecule has 0 aliphatic rings. The van der Waals surface area contributed by atoms with Gasteiger partial charge in [-0.2, -0.15) is 0 Å². The van der Waals surface area contributed by atoms with Crippen molar-refractivity contribution in [3.63, 3.8) is 0 Å². The van der Waals surface area contributed by atoms with Gasteiger partial charge >= 0.3 is 5.97 Å². The second-order valence-corrected chi connectivity index (χ2v) is 9.36. The topological polar surface area (TPSA) is 57.6 Å². The first-order valence-electron chi connectivity index (χ1n) is 13.8. The number of carboxylic acids is 1. The summed E-state index contributed by atoms with van der Waals surface area (Å²) in [6.45, 7) is 6.00. The van der Waals surface area contributed by atoms with E-state index in [1.165, 1.54) is 109 Å². The summed E-state index contributed by atoms with van der Waals surface area (Å²) in [7, 11) is 0. The molecule has 0 aliphatic carbocycles. The van der Waals surface area contributed by atoms with E-state index in [-0.39, 0.29) is 5.91 Å². The van der Waals surface area contributed by atoms with Crippen LogP contribution in [0, 0.1) is 0 Å². The Labute approximate surface area is 199 Å². The minimum absolute atomic E-state index is 0.153. The highest BCUT2D eigenvalue weighted by Crippen LogP contribution is 2.13. The third-order valence-corrected chi connectivity index (χ3v) is 6.24. The van der Waals surface area contributed by atoms with Gasteiger partial charge in [-0.05, 0) is 12.8 Å². The number of carbonyl (C=O) groups excluding carboxylic acids is 1. The minimum Gasteiger partial charge on any atom is -0.478 e. The van der Waals surface area contributed by atoms with Gasteiger partial charge < -0.3 is 10.0 Å². The standard InChI is InChI=1S/C28H53NO3/c1-3-5-7-9-11-13-15-17-19-21-25-29(27(30)23-24-28(31)32)26-22-20-18-16-14-12-10-8-6-4-2/h23-24H,3-22,25-26H2,1-2H3,(H,31,32). The molecule has 0 rings (SSSR count). The average Bonchev–Trinajstić information content (AvgIpc) is 2.78. The third kappa shape index (κ3) is 21.9. The Morgan fingerprint density at radius 2 is 0.844 bits per heavy atom. The predicted molar refractivity (Wildman–Crippen MR) is 137 cm³/mol. The molecule has 32 heavy (non-hydrogen) atoms. The van der Waals surface area contributed by atoms with Crippen molar-refractivity contribution in [2.75, 3.05) is 13.1 Å². The zero-order chi connectivity index (χ0) is 23.7. The van der Waals surface area contributed by atoms with Gasteiger partial charge in [-0.25, -0.2) is 4.79 Å². The lowest BCUT2D eigenvalue weighted by molar-refractivity contribution is -0.132. The molecule has 0 aromatic carbocycles. The highest BCUT2D eigenvalue weighted by Gasteiger charge is 2.10. The molecule has 0 aliphatic heterocycles. The van der Waals surface area contributed by atoms with Crippen LogP contribution < -0.4 is 0 Å². The maximum absolute atomic E-state index is 12.4. The first-order valence-corrected chi connectivity index (χ1v) is 13.8. The number of nitrogens with zero attached hydrogens (tertiary/aromatic N) is 1. The van der Waals surface area contributed by atoms with Gasteiger partial charge in [0.05, 0.1) is 0 Å². The molecule has 0 fully saturated rings. The van der Waals surface area contributed by atoms with Crippen LogP contribution in [0.5, 0.6) is 0 Å². The summed E-state index contributed by atoms with van der Waals surface area (Å²) in [5.74, 6) is -1.21. The Balaban J connectivity index is 3.96. The molecule has 0 bridgehead atoms. The second-order valence-electron chi connectivity index (χ2n) is 9.36. The molecular weight excluding hydrogens is 398 g/mol. The highest BCUT2D eigenvalue weighted by atomic mass is 16.4. The van der Waals surface area contributed by atoms with E-state index < -0.39 is 5.97 Å². The van der Waals surface area contributed by atoms with E-state index in [0.29, 0.717) is 0 Å². The summed E-state index contributed by atoms with van der Waals surface area (Å²) in [6.07, 6.45) is 27.7. The molecule has 4 nitrogen and oxygen atoms in total. The van der Waals surface area contributed by atoms with E-state index in [1.54, 1.807) is 0 Å². The smallest absolute Gasteiger partial charge is 0.328 e. The molecule has 1 amide bonds. The first-order chi connectivity index (χ1) is 15.6. The van der Waals surface area contributed by atoms with Crippen LogP contribution in [0.2, 0.25) is 0 Å². The fourth-order valence-corrected chi connectivity index (χ4v) is 4.16. The number of aliphatic carboxylic acids is 1. The molecule has 0 aromatic rings. The number of hydrogen-bond acceptors (Lipinski definition) is 2. The number of amides is 1. The lowest BCUT2D eigenvalue weighted by atomic mass is 10.1. The molecule has 1 N–H and O–H groups in total. The van der Waals surface area contributed by atoms with E-state index >= 15 is 0 Å². The number of unbranched alkanes of at least 4 members (excludes halogenated alkanes) is 18. The monoisotopic (exact) mass is 451 g/mol. The van der Waals surface area contributed by atoms with Gasteiger partial charge in [0.25, 0.3) is 0 Å². The summed E-state index contributed by atoms with van der Waals surface area (Å²) in [5.41, 5.74) is 0. The molecule has 0 spiro atoms. The fraction of sp³-hybridized carbons (Fsp3) is 0.857. The number of carboxylic acid groups (broad SMARTS) is 1. The summed E-state index contributed by atoms with van der Waals surface area (Å²) < 4.78 is 0. The van der Waals surface area contributed by atoms with Crippen LogP contribution in [0.1, 0.15) is 142 Å². The summed E-state index contributed by atoms with van der Waals surface area (Å²) in [4.78, 5) is 25.0. The van der Waals surface area contributed by atoms with Crippen molar-refractivity contribution in [3.8, 4) is 0 Å². The van der Waals surface area contributed by atoms with Gasteiger partial charge in [0.2, 0.25) is 5.91 Å². The SMILES string of the molecule is CCCCCCCCCCCCN(CCCCCCCCCCCC)C(=O)C=CC(=O)O. The average molecular weight is 452 g/mol. The Kier molecular flexibility index (Phi) is 23.3. The molecule has 4 heteroatoms. The van der Waals surface area contributed by atoms with E-state index in [2.05, 4.69) is 13.8 Å². The molecule has 188 valence electrons. The van der Waals surface area contributed by atoms with E-state index in [1.807, 2.05) is 4.90 Å². The number of carbonyl (C=O) groups is 2. The van der Waals surface area contributed by atoms with Crippen LogP contribution in [0.4, 0.5) is 0 Å². The predicted octanol–water partition coefficient (Wildman–Crippen LogP) is 8.30. The van der Waals surface area contributed by atoms with Gasteiger partial charge in [-0.15, -0.1) is 0 Å². The van der Waals surface area contributed by atoms with Gasteiger partial charge in [0.1, 0.15) is 0 Å². The van der Waals surface area contributed by atoms with E-state index in [4.69, 9.17) is 5.11 Å². The quantitative estimate of drug-likeness (QED) is 0.119. The maximum atomic E-state index is 12.4. The molecule has 0 radical (unpaired) electrons. The fourth-order valence-electron chi connectivity index (χ4n) is 4.16. The van der Waals surface area contributed by atoms with Crippen molar-refractivity contribution in [3.05, 3.63) is 12.2 Å². The molecule has 0 atom stereocenters. The Morgan fingerprint density at radius 3 is 1.16 bits per heavy atom. The highest BCUT2D eigenvalue weighted by molar-refractivity contribution is 5.93. The summed E-state index contributed by atoms with van der Waals surface area (Å²) in [5, 5.41) is 8.82. The summed E-state index contributed by atoms with van der Waals surface area (Å²) in [6, 6.07) is 0. The normalized spacial score (nSPS) is 11.3. The van der Waals surface area contributed by atoms with Gasteiger partial charge in [-0.1, -0.05) is 129 Å². The largest absolute Gasteiger partial charge is 0.478 e. The van der Waals surface area contributed by atoms with Gasteiger partial charge in [0.15, 0.2) is 0 Å².